The van der Waals surface area contributed by atoms with Crippen LogP contribution in [0.4, 0.5) is 11.4 Å². The number of sulfonamides is 1. The van der Waals surface area contributed by atoms with Gasteiger partial charge in [0.15, 0.2) is 0 Å². The Hall–Kier alpha value is -4.37. The third kappa shape index (κ3) is 5.96. The second-order valence-corrected chi connectivity index (χ2v) is 9.25. The van der Waals surface area contributed by atoms with Crippen LogP contribution in [0.25, 0.3) is 0 Å². The van der Waals surface area contributed by atoms with E-state index in [9.17, 15) is 13.2 Å². The number of rotatable bonds is 8. The van der Waals surface area contributed by atoms with E-state index in [1.54, 1.807) is 73.1 Å². The van der Waals surface area contributed by atoms with Gasteiger partial charge in [-0.3, -0.25) is 14.5 Å². The summed E-state index contributed by atoms with van der Waals surface area (Å²) in [6.45, 7) is 1.91. The molecule has 0 aliphatic carbocycles. The van der Waals surface area contributed by atoms with Gasteiger partial charge in [-0.05, 0) is 73.7 Å². The molecule has 0 radical (unpaired) electrons. The second kappa shape index (κ2) is 10.3. The van der Waals surface area contributed by atoms with E-state index in [0.29, 0.717) is 22.9 Å². The van der Waals surface area contributed by atoms with Crippen LogP contribution < -0.4 is 19.5 Å². The van der Waals surface area contributed by atoms with Gasteiger partial charge in [-0.25, -0.2) is 8.42 Å². The van der Waals surface area contributed by atoms with Crippen molar-refractivity contribution < 1.29 is 22.7 Å². The van der Waals surface area contributed by atoms with Crippen LogP contribution in [0.15, 0.2) is 96.2 Å². The highest BCUT2D eigenvalue weighted by Gasteiger charge is 2.22. The van der Waals surface area contributed by atoms with Crippen molar-refractivity contribution in [3.05, 3.63) is 102 Å². The topological polar surface area (TPSA) is 107 Å². The first-order chi connectivity index (χ1) is 16.8. The number of anilines is 2. The third-order valence-electron chi connectivity index (χ3n) is 5.02. The Bertz CT molecular complexity index is 1420. The fourth-order valence-electron chi connectivity index (χ4n) is 3.21. The fraction of sp³-hybridized carbons (Fsp3) is 0.0769. The summed E-state index contributed by atoms with van der Waals surface area (Å²) >= 11 is 0. The number of hydrogen-bond acceptors (Lipinski definition) is 6. The largest absolute Gasteiger partial charge is 0.495 e. The predicted molar refractivity (Wildman–Crippen MR) is 134 cm³/mol. The summed E-state index contributed by atoms with van der Waals surface area (Å²) in [6.07, 6.45) is 3.26. The van der Waals surface area contributed by atoms with E-state index in [2.05, 4.69) is 15.0 Å². The third-order valence-corrected chi connectivity index (χ3v) is 6.42. The van der Waals surface area contributed by atoms with Crippen LogP contribution in [0.3, 0.4) is 0 Å². The van der Waals surface area contributed by atoms with Crippen LogP contribution in [0.1, 0.15) is 15.9 Å². The highest BCUT2D eigenvalue weighted by atomic mass is 32.2. The standard InChI is InChI=1S/C26H23N3O5S/c1-18-3-6-21(7-4-18)29-35(31,32)25-17-19(5-12-24(25)33-2)26(30)28-20-8-10-22(11-9-20)34-23-13-15-27-16-14-23/h3-17,29H,1-2H3,(H,28,30). The fourth-order valence-corrected chi connectivity index (χ4v) is 4.47. The summed E-state index contributed by atoms with van der Waals surface area (Å²) in [5.74, 6) is 0.887. The molecule has 0 fully saturated rings. The van der Waals surface area contributed by atoms with Gasteiger partial charge in [0.05, 0.1) is 7.11 Å². The lowest BCUT2D eigenvalue weighted by Crippen LogP contribution is -2.17. The summed E-state index contributed by atoms with van der Waals surface area (Å²) in [5, 5.41) is 2.76. The lowest BCUT2D eigenvalue weighted by molar-refractivity contribution is 0.102. The molecule has 0 aliphatic rings. The maximum atomic E-state index is 13.0. The number of ether oxygens (including phenoxy) is 2. The molecular weight excluding hydrogens is 466 g/mol. The van der Waals surface area contributed by atoms with Crippen molar-refractivity contribution in [3.63, 3.8) is 0 Å². The number of carbonyl (C=O) groups excluding carboxylic acids is 1. The molecule has 1 aromatic heterocycles. The van der Waals surface area contributed by atoms with Gasteiger partial charge in [0.2, 0.25) is 0 Å². The Labute approximate surface area is 203 Å². The van der Waals surface area contributed by atoms with Gasteiger partial charge >= 0.3 is 0 Å². The van der Waals surface area contributed by atoms with Gasteiger partial charge in [-0.15, -0.1) is 0 Å². The number of benzene rings is 3. The van der Waals surface area contributed by atoms with Crippen molar-refractivity contribution >= 4 is 27.3 Å². The Morgan fingerprint density at radius 3 is 2.11 bits per heavy atom. The van der Waals surface area contributed by atoms with Crippen molar-refractivity contribution in [2.45, 2.75) is 11.8 Å². The normalized spacial score (nSPS) is 10.9. The van der Waals surface area contributed by atoms with Gasteiger partial charge in [-0.1, -0.05) is 17.7 Å². The summed E-state index contributed by atoms with van der Waals surface area (Å²) in [4.78, 5) is 16.7. The molecule has 0 saturated carbocycles. The average Bonchev–Trinajstić information content (AvgIpc) is 2.86. The highest BCUT2D eigenvalue weighted by molar-refractivity contribution is 7.92. The smallest absolute Gasteiger partial charge is 0.265 e. The Balaban J connectivity index is 1.51. The molecule has 35 heavy (non-hydrogen) atoms. The number of aryl methyl sites for hydroxylation is 1. The van der Waals surface area contributed by atoms with Gasteiger partial charge in [0.1, 0.15) is 22.1 Å². The molecule has 3 aromatic carbocycles. The molecule has 4 rings (SSSR count). The summed E-state index contributed by atoms with van der Waals surface area (Å²) in [5.41, 5.74) is 2.09. The molecule has 178 valence electrons. The second-order valence-electron chi connectivity index (χ2n) is 7.60. The van der Waals surface area contributed by atoms with Crippen LogP contribution >= 0.6 is 0 Å². The van der Waals surface area contributed by atoms with Crippen molar-refractivity contribution in [1.82, 2.24) is 4.98 Å². The van der Waals surface area contributed by atoms with Crippen LogP contribution in [0, 0.1) is 6.92 Å². The molecule has 0 saturated heterocycles. The summed E-state index contributed by atoms with van der Waals surface area (Å²) in [7, 11) is -2.64. The first kappa shape index (κ1) is 23.8. The minimum Gasteiger partial charge on any atom is -0.495 e. The Morgan fingerprint density at radius 2 is 1.46 bits per heavy atom. The molecule has 1 amide bonds. The Kier molecular flexibility index (Phi) is 6.98. The molecular formula is C26H23N3O5S. The van der Waals surface area contributed by atoms with Gasteiger partial charge in [0, 0.05) is 29.3 Å². The lowest BCUT2D eigenvalue weighted by Gasteiger charge is -2.13. The van der Waals surface area contributed by atoms with Crippen molar-refractivity contribution in [3.8, 4) is 17.2 Å². The van der Waals surface area contributed by atoms with Crippen LogP contribution in [-0.4, -0.2) is 26.4 Å². The molecule has 9 heteroatoms. The lowest BCUT2D eigenvalue weighted by atomic mass is 10.2. The predicted octanol–water partition coefficient (Wildman–Crippen LogP) is 5.24. The number of pyridine rings is 1. The van der Waals surface area contributed by atoms with Crippen LogP contribution in [-0.2, 0) is 10.0 Å². The zero-order valence-corrected chi connectivity index (χ0v) is 19.9. The number of nitrogens with one attached hydrogen (secondary N) is 2. The van der Waals surface area contributed by atoms with Crippen molar-refractivity contribution in [2.75, 3.05) is 17.1 Å². The van der Waals surface area contributed by atoms with Crippen molar-refractivity contribution in [2.24, 2.45) is 0 Å². The molecule has 8 nitrogen and oxygen atoms in total. The monoisotopic (exact) mass is 489 g/mol. The molecule has 0 atom stereocenters. The molecule has 0 unspecified atom stereocenters. The zero-order valence-electron chi connectivity index (χ0n) is 19.1. The van der Waals surface area contributed by atoms with E-state index in [0.717, 1.165) is 5.56 Å². The molecule has 1 heterocycles. The summed E-state index contributed by atoms with van der Waals surface area (Å²) in [6, 6.07) is 21.4. The quantitative estimate of drug-likeness (QED) is 0.350. The number of nitrogens with zero attached hydrogens (tertiary/aromatic N) is 1. The van der Waals surface area contributed by atoms with Crippen molar-refractivity contribution in [1.29, 1.82) is 0 Å². The van der Waals surface area contributed by atoms with Crippen LogP contribution in [0.5, 0.6) is 17.2 Å². The van der Waals surface area contributed by atoms with E-state index >= 15 is 0 Å². The maximum absolute atomic E-state index is 13.0. The molecule has 2 N–H and O–H groups in total. The molecule has 0 aliphatic heterocycles. The first-order valence-corrected chi connectivity index (χ1v) is 12.1. The van der Waals surface area contributed by atoms with E-state index in [1.165, 1.54) is 25.3 Å². The van der Waals surface area contributed by atoms with Gasteiger partial charge in [-0.2, -0.15) is 0 Å². The summed E-state index contributed by atoms with van der Waals surface area (Å²) < 4.78 is 39.6. The number of methoxy groups -OCH3 is 1. The number of amides is 1. The minimum absolute atomic E-state index is 0.124. The average molecular weight is 490 g/mol. The van der Waals surface area contributed by atoms with E-state index in [1.807, 2.05) is 6.92 Å². The molecule has 0 spiro atoms. The van der Waals surface area contributed by atoms with Gasteiger partial charge < -0.3 is 14.8 Å². The highest BCUT2D eigenvalue weighted by Crippen LogP contribution is 2.28. The minimum atomic E-state index is -4.01. The number of hydrogen-bond donors (Lipinski definition) is 2. The number of aromatic nitrogens is 1. The maximum Gasteiger partial charge on any atom is 0.265 e. The Morgan fingerprint density at radius 1 is 0.829 bits per heavy atom. The van der Waals surface area contributed by atoms with E-state index < -0.39 is 15.9 Å². The van der Waals surface area contributed by atoms with E-state index in [4.69, 9.17) is 9.47 Å². The zero-order chi connectivity index (χ0) is 24.8. The van der Waals surface area contributed by atoms with Gasteiger partial charge in [0.25, 0.3) is 15.9 Å². The SMILES string of the molecule is COc1ccc(C(=O)Nc2ccc(Oc3ccncc3)cc2)cc1S(=O)(=O)Nc1ccc(C)cc1. The van der Waals surface area contributed by atoms with Crippen LogP contribution in [0.2, 0.25) is 0 Å². The molecule has 0 bridgehead atoms. The number of carbonyl (C=O) groups is 1. The van der Waals surface area contributed by atoms with E-state index in [-0.39, 0.29) is 16.2 Å². The molecule has 4 aromatic rings. The first-order valence-electron chi connectivity index (χ1n) is 10.6.